The Morgan fingerprint density at radius 3 is 2.67 bits per heavy atom. The molecule has 1 N–H and O–H groups in total. The summed E-state index contributed by atoms with van der Waals surface area (Å²) in [6, 6.07) is 5.81. The molecule has 1 atom stereocenters. The summed E-state index contributed by atoms with van der Waals surface area (Å²) in [6.45, 7) is 3.08. The van der Waals surface area contributed by atoms with Crippen LogP contribution in [0, 0.1) is 0 Å². The van der Waals surface area contributed by atoms with Crippen molar-refractivity contribution in [1.82, 2.24) is 4.57 Å². The molecule has 3 rings (SSSR count). The van der Waals surface area contributed by atoms with E-state index in [-0.39, 0.29) is 18.1 Å². The van der Waals surface area contributed by atoms with Crippen LogP contribution in [0.3, 0.4) is 0 Å². The molecule has 6 heteroatoms. The molecular formula is C21H27NO5. The van der Waals surface area contributed by atoms with Crippen LogP contribution in [-0.4, -0.2) is 37.1 Å². The van der Waals surface area contributed by atoms with E-state index in [1.165, 1.54) is 0 Å². The summed E-state index contributed by atoms with van der Waals surface area (Å²) in [5.74, 6) is 1.36. The molecule has 1 unspecified atom stereocenters. The van der Waals surface area contributed by atoms with Gasteiger partial charge in [-0.3, -0.25) is 4.79 Å². The van der Waals surface area contributed by atoms with Gasteiger partial charge in [-0.2, -0.15) is 0 Å². The van der Waals surface area contributed by atoms with Crippen molar-refractivity contribution in [2.75, 3.05) is 27.4 Å². The van der Waals surface area contributed by atoms with E-state index in [0.29, 0.717) is 30.3 Å². The fourth-order valence-corrected chi connectivity index (χ4v) is 3.59. The summed E-state index contributed by atoms with van der Waals surface area (Å²) < 4.78 is 18.6. The highest BCUT2D eigenvalue weighted by atomic mass is 16.5. The van der Waals surface area contributed by atoms with Crippen LogP contribution in [-0.2, 0) is 17.8 Å². The standard InChI is InChI=1S/C21H27NO5/c1-4-16-8-14-9-21(27-7-5-6-25-2)20(26-3)10-17(14)18-11-19(24)15(13-23)12-22(16)18/h9-12,16,23H,4-8,13H2,1-3H3. The Balaban J connectivity index is 2.04. The number of methoxy groups -OCH3 is 2. The highest BCUT2D eigenvalue weighted by Gasteiger charge is 2.25. The van der Waals surface area contributed by atoms with Crippen molar-refractivity contribution in [3.8, 4) is 22.8 Å². The van der Waals surface area contributed by atoms with Gasteiger partial charge in [0.15, 0.2) is 16.9 Å². The number of nitrogens with zero attached hydrogens (tertiary/aromatic N) is 1. The molecule has 1 aliphatic heterocycles. The Kier molecular flexibility index (Phi) is 6.19. The molecule has 2 heterocycles. The molecule has 0 spiro atoms. The van der Waals surface area contributed by atoms with Crippen LogP contribution < -0.4 is 14.9 Å². The SMILES string of the molecule is CCC1Cc2cc(OCCCOC)c(OC)cc2-c2cc(=O)c(CO)cn21. The second-order valence-electron chi connectivity index (χ2n) is 6.73. The van der Waals surface area contributed by atoms with Gasteiger partial charge in [0, 0.05) is 49.6 Å². The fraction of sp³-hybridized carbons (Fsp3) is 0.476. The Hall–Kier alpha value is -2.31. The van der Waals surface area contributed by atoms with Crippen LogP contribution in [0.1, 0.15) is 36.9 Å². The van der Waals surface area contributed by atoms with Gasteiger partial charge < -0.3 is 23.9 Å². The largest absolute Gasteiger partial charge is 0.493 e. The van der Waals surface area contributed by atoms with Crippen molar-refractivity contribution in [2.24, 2.45) is 0 Å². The third-order valence-electron chi connectivity index (χ3n) is 5.06. The minimum Gasteiger partial charge on any atom is -0.493 e. The van der Waals surface area contributed by atoms with Gasteiger partial charge in [-0.25, -0.2) is 0 Å². The predicted molar refractivity (Wildman–Crippen MR) is 104 cm³/mol. The number of aliphatic hydroxyl groups excluding tert-OH is 1. The summed E-state index contributed by atoms with van der Waals surface area (Å²) in [7, 11) is 3.29. The molecule has 6 nitrogen and oxygen atoms in total. The first-order valence-corrected chi connectivity index (χ1v) is 9.31. The van der Waals surface area contributed by atoms with Crippen LogP contribution >= 0.6 is 0 Å². The topological polar surface area (TPSA) is 69.9 Å². The van der Waals surface area contributed by atoms with E-state index in [1.807, 2.05) is 12.1 Å². The molecule has 0 saturated heterocycles. The zero-order valence-electron chi connectivity index (χ0n) is 16.2. The number of fused-ring (bicyclic) bond motifs is 3. The lowest BCUT2D eigenvalue weighted by atomic mass is 9.90. The lowest BCUT2D eigenvalue weighted by molar-refractivity contribution is 0.170. The van der Waals surface area contributed by atoms with Gasteiger partial charge in [0.2, 0.25) is 0 Å². The second kappa shape index (κ2) is 8.59. The zero-order valence-corrected chi connectivity index (χ0v) is 16.2. The van der Waals surface area contributed by atoms with Crippen LogP contribution in [0.15, 0.2) is 29.2 Å². The maximum Gasteiger partial charge on any atom is 0.187 e. The molecule has 0 fully saturated rings. The van der Waals surface area contributed by atoms with E-state index in [0.717, 1.165) is 36.1 Å². The van der Waals surface area contributed by atoms with Gasteiger partial charge in [-0.15, -0.1) is 0 Å². The number of benzene rings is 1. The lowest BCUT2D eigenvalue weighted by Gasteiger charge is -2.31. The summed E-state index contributed by atoms with van der Waals surface area (Å²) in [5, 5.41) is 9.45. The average Bonchev–Trinajstić information content (AvgIpc) is 2.69. The van der Waals surface area contributed by atoms with E-state index in [9.17, 15) is 9.90 Å². The lowest BCUT2D eigenvalue weighted by Crippen LogP contribution is -2.23. The first kappa shape index (κ1) is 19.5. The molecular weight excluding hydrogens is 346 g/mol. The second-order valence-corrected chi connectivity index (χ2v) is 6.73. The molecule has 2 aromatic rings. The molecule has 146 valence electrons. The molecule has 1 aliphatic rings. The minimum absolute atomic E-state index is 0.148. The van der Waals surface area contributed by atoms with Crippen molar-refractivity contribution >= 4 is 0 Å². The molecule has 1 aromatic heterocycles. The van der Waals surface area contributed by atoms with E-state index in [2.05, 4.69) is 11.5 Å². The van der Waals surface area contributed by atoms with Crippen LogP contribution in [0.2, 0.25) is 0 Å². The number of pyridine rings is 1. The van der Waals surface area contributed by atoms with Crippen LogP contribution in [0.25, 0.3) is 11.3 Å². The normalized spacial score (nSPS) is 15.2. The first-order chi connectivity index (χ1) is 13.1. The number of aliphatic hydroxyl groups is 1. The predicted octanol–water partition coefficient (Wildman–Crippen LogP) is 2.94. The summed E-state index contributed by atoms with van der Waals surface area (Å²) in [5.41, 5.74) is 3.24. The van der Waals surface area contributed by atoms with Gasteiger partial charge in [-0.1, -0.05) is 6.92 Å². The number of aromatic nitrogens is 1. The van der Waals surface area contributed by atoms with Crippen molar-refractivity contribution in [2.45, 2.75) is 38.8 Å². The molecule has 0 saturated carbocycles. The Morgan fingerprint density at radius 1 is 1.19 bits per heavy atom. The Labute approximate surface area is 159 Å². The molecule has 0 aliphatic carbocycles. The van der Waals surface area contributed by atoms with Gasteiger partial charge in [0.05, 0.1) is 26.0 Å². The van der Waals surface area contributed by atoms with E-state index >= 15 is 0 Å². The highest BCUT2D eigenvalue weighted by Crippen LogP contribution is 2.41. The van der Waals surface area contributed by atoms with Gasteiger partial charge >= 0.3 is 0 Å². The molecule has 0 radical (unpaired) electrons. The quantitative estimate of drug-likeness (QED) is 0.721. The fourth-order valence-electron chi connectivity index (χ4n) is 3.59. The summed E-state index contributed by atoms with van der Waals surface area (Å²) >= 11 is 0. The highest BCUT2D eigenvalue weighted by molar-refractivity contribution is 5.70. The zero-order chi connectivity index (χ0) is 19.4. The third kappa shape index (κ3) is 3.87. The smallest absolute Gasteiger partial charge is 0.187 e. The number of hydrogen-bond donors (Lipinski definition) is 1. The maximum atomic E-state index is 12.3. The van der Waals surface area contributed by atoms with E-state index in [1.54, 1.807) is 26.5 Å². The van der Waals surface area contributed by atoms with Crippen molar-refractivity contribution < 1.29 is 19.3 Å². The summed E-state index contributed by atoms with van der Waals surface area (Å²) in [4.78, 5) is 12.3. The first-order valence-electron chi connectivity index (χ1n) is 9.31. The minimum atomic E-state index is -0.250. The van der Waals surface area contributed by atoms with Crippen LogP contribution in [0.4, 0.5) is 0 Å². The Bertz CT molecular complexity index is 858. The molecule has 0 amide bonds. The van der Waals surface area contributed by atoms with E-state index in [4.69, 9.17) is 14.2 Å². The van der Waals surface area contributed by atoms with Crippen molar-refractivity contribution in [3.63, 3.8) is 0 Å². The average molecular weight is 373 g/mol. The maximum absolute atomic E-state index is 12.3. The van der Waals surface area contributed by atoms with Gasteiger partial charge in [0.25, 0.3) is 0 Å². The number of hydrogen-bond acceptors (Lipinski definition) is 5. The van der Waals surface area contributed by atoms with Crippen molar-refractivity contribution in [3.05, 3.63) is 45.7 Å². The van der Waals surface area contributed by atoms with Gasteiger partial charge in [-0.05, 0) is 30.5 Å². The monoisotopic (exact) mass is 373 g/mol. The third-order valence-corrected chi connectivity index (χ3v) is 5.06. The molecule has 27 heavy (non-hydrogen) atoms. The van der Waals surface area contributed by atoms with Gasteiger partial charge in [0.1, 0.15) is 0 Å². The molecule has 1 aromatic carbocycles. The number of rotatable bonds is 8. The number of ether oxygens (including phenoxy) is 3. The van der Waals surface area contributed by atoms with Crippen molar-refractivity contribution in [1.29, 1.82) is 0 Å². The van der Waals surface area contributed by atoms with Crippen LogP contribution in [0.5, 0.6) is 11.5 Å². The summed E-state index contributed by atoms with van der Waals surface area (Å²) in [6.07, 6.45) is 4.36. The molecule has 0 bridgehead atoms. The van der Waals surface area contributed by atoms with E-state index < -0.39 is 0 Å². The Morgan fingerprint density at radius 2 is 2.00 bits per heavy atom.